The number of allylic oxidation sites excluding steroid dienone is 1. The van der Waals surface area contributed by atoms with Crippen LogP contribution in [0.4, 0.5) is 5.13 Å². The second kappa shape index (κ2) is 10.7. The van der Waals surface area contributed by atoms with Gasteiger partial charge in [-0.3, -0.25) is 14.2 Å². The molecule has 8 nitrogen and oxygen atoms in total. The van der Waals surface area contributed by atoms with Gasteiger partial charge in [0.1, 0.15) is 0 Å². The highest BCUT2D eigenvalue weighted by atomic mass is 32.2. The molecule has 0 aliphatic rings. The van der Waals surface area contributed by atoms with Crippen LogP contribution in [0.25, 0.3) is 11.4 Å². The molecule has 0 aliphatic heterocycles. The van der Waals surface area contributed by atoms with Gasteiger partial charge in [0.25, 0.3) is 0 Å². The number of thiazole rings is 1. The molecule has 11 heteroatoms. The van der Waals surface area contributed by atoms with E-state index in [1.165, 1.54) is 33.5 Å². The van der Waals surface area contributed by atoms with Gasteiger partial charge in [-0.1, -0.05) is 17.8 Å². The molecule has 0 unspecified atom stereocenters. The van der Waals surface area contributed by atoms with Gasteiger partial charge in [0.2, 0.25) is 5.91 Å². The van der Waals surface area contributed by atoms with Gasteiger partial charge < -0.3 is 10.1 Å². The number of anilines is 1. The standard InChI is InChI=1S/C20H23N5O3S3/c1-5-7-25-18(15-10-29-13(4)12(15)3)23-24-20(25)31-11-16(26)22-19-21-14(9-30-19)8-17(27)28-6-2/h5,9-10H,1,6-8,11H2,2-4H3,(H,21,22,26). The van der Waals surface area contributed by atoms with Crippen molar-refractivity contribution in [2.24, 2.45) is 0 Å². The lowest BCUT2D eigenvalue weighted by molar-refractivity contribution is -0.142. The average molecular weight is 478 g/mol. The lowest BCUT2D eigenvalue weighted by Gasteiger charge is -2.07. The number of nitrogens with one attached hydrogen (secondary N) is 1. The number of aromatic nitrogens is 4. The van der Waals surface area contributed by atoms with E-state index in [4.69, 9.17) is 4.74 Å². The van der Waals surface area contributed by atoms with E-state index >= 15 is 0 Å². The highest BCUT2D eigenvalue weighted by Gasteiger charge is 2.18. The summed E-state index contributed by atoms with van der Waals surface area (Å²) in [6, 6.07) is 0. The quantitative estimate of drug-likeness (QED) is 0.267. The number of hydrogen-bond acceptors (Lipinski definition) is 9. The third-order valence-electron chi connectivity index (χ3n) is 4.32. The first-order valence-corrected chi connectivity index (χ1v) is 12.3. The number of thioether (sulfide) groups is 1. The van der Waals surface area contributed by atoms with E-state index in [0.29, 0.717) is 29.1 Å². The minimum atomic E-state index is -0.338. The summed E-state index contributed by atoms with van der Waals surface area (Å²) in [4.78, 5) is 29.4. The molecule has 1 amide bonds. The molecule has 0 saturated heterocycles. The first kappa shape index (κ1) is 23.2. The van der Waals surface area contributed by atoms with Crippen LogP contribution in [-0.4, -0.2) is 44.0 Å². The lowest BCUT2D eigenvalue weighted by atomic mass is 10.1. The van der Waals surface area contributed by atoms with Crippen LogP contribution in [0.5, 0.6) is 0 Å². The van der Waals surface area contributed by atoms with Crippen LogP contribution < -0.4 is 5.32 Å². The summed E-state index contributed by atoms with van der Waals surface area (Å²) in [5, 5.41) is 16.3. The van der Waals surface area contributed by atoms with Crippen LogP contribution in [0, 0.1) is 13.8 Å². The molecule has 0 aromatic carbocycles. The molecule has 31 heavy (non-hydrogen) atoms. The Balaban J connectivity index is 1.63. The molecule has 3 aromatic heterocycles. The third kappa shape index (κ3) is 5.81. The topological polar surface area (TPSA) is 99.0 Å². The number of rotatable bonds is 10. The summed E-state index contributed by atoms with van der Waals surface area (Å²) in [5.41, 5.74) is 2.80. The Morgan fingerprint density at radius 1 is 1.29 bits per heavy atom. The van der Waals surface area contributed by atoms with Crippen molar-refractivity contribution in [1.29, 1.82) is 0 Å². The predicted molar refractivity (Wildman–Crippen MR) is 125 cm³/mol. The third-order valence-corrected chi connectivity index (χ3v) is 7.10. The Labute approximate surface area is 192 Å². The van der Waals surface area contributed by atoms with E-state index < -0.39 is 0 Å². The number of thiophene rings is 1. The van der Waals surface area contributed by atoms with E-state index in [1.54, 1.807) is 29.7 Å². The Morgan fingerprint density at radius 3 is 2.77 bits per heavy atom. The summed E-state index contributed by atoms with van der Waals surface area (Å²) in [6.07, 6.45) is 1.87. The fourth-order valence-electron chi connectivity index (χ4n) is 2.71. The Bertz CT molecular complexity index is 1090. The molecule has 0 radical (unpaired) electrons. The van der Waals surface area contributed by atoms with Gasteiger partial charge in [-0.05, 0) is 26.3 Å². The van der Waals surface area contributed by atoms with Crippen LogP contribution in [0.15, 0.2) is 28.6 Å². The van der Waals surface area contributed by atoms with Crippen LogP contribution >= 0.6 is 34.4 Å². The van der Waals surface area contributed by atoms with Gasteiger partial charge in [-0.2, -0.15) is 0 Å². The maximum absolute atomic E-state index is 12.4. The van der Waals surface area contributed by atoms with Crippen molar-refractivity contribution in [3.63, 3.8) is 0 Å². The van der Waals surface area contributed by atoms with Gasteiger partial charge in [-0.15, -0.1) is 39.4 Å². The second-order valence-electron chi connectivity index (χ2n) is 6.50. The van der Waals surface area contributed by atoms with E-state index in [1.807, 2.05) is 4.57 Å². The van der Waals surface area contributed by atoms with Crippen molar-refractivity contribution in [3.8, 4) is 11.4 Å². The number of amides is 1. The lowest BCUT2D eigenvalue weighted by Crippen LogP contribution is -2.15. The van der Waals surface area contributed by atoms with Crippen molar-refractivity contribution < 1.29 is 14.3 Å². The van der Waals surface area contributed by atoms with Gasteiger partial charge in [-0.25, -0.2) is 4.98 Å². The zero-order valence-corrected chi connectivity index (χ0v) is 20.0. The number of aryl methyl sites for hydroxylation is 1. The van der Waals surface area contributed by atoms with Crippen molar-refractivity contribution in [2.45, 2.75) is 38.9 Å². The normalized spacial score (nSPS) is 10.8. The molecular formula is C20H23N5O3S3. The SMILES string of the molecule is C=CCn1c(SCC(=O)Nc2nc(CC(=O)OCC)cs2)nnc1-c1csc(C)c1C. The first-order valence-electron chi connectivity index (χ1n) is 9.54. The number of nitrogens with zero attached hydrogens (tertiary/aromatic N) is 4. The average Bonchev–Trinajstić information content (AvgIpc) is 3.42. The number of carbonyl (C=O) groups excluding carboxylic acids is 2. The first-order chi connectivity index (χ1) is 14.9. The molecule has 0 aliphatic carbocycles. The molecule has 3 aromatic rings. The number of carbonyl (C=O) groups is 2. The van der Waals surface area contributed by atoms with Gasteiger partial charge in [0, 0.05) is 27.7 Å². The van der Waals surface area contributed by atoms with Crippen molar-refractivity contribution >= 4 is 51.4 Å². The molecule has 0 spiro atoms. The molecule has 0 fully saturated rings. The van der Waals surface area contributed by atoms with Gasteiger partial charge >= 0.3 is 5.97 Å². The van der Waals surface area contributed by atoms with Gasteiger partial charge in [0.05, 0.1) is 24.5 Å². The summed E-state index contributed by atoms with van der Waals surface area (Å²) in [7, 11) is 0. The maximum Gasteiger partial charge on any atom is 0.311 e. The molecule has 0 bridgehead atoms. The smallest absolute Gasteiger partial charge is 0.311 e. The van der Waals surface area contributed by atoms with Crippen LogP contribution in [0.2, 0.25) is 0 Å². The van der Waals surface area contributed by atoms with Gasteiger partial charge in [0.15, 0.2) is 16.1 Å². The van der Waals surface area contributed by atoms with Crippen molar-refractivity contribution in [2.75, 3.05) is 17.7 Å². The Kier molecular flexibility index (Phi) is 7.99. The van der Waals surface area contributed by atoms with Crippen LogP contribution in [0.1, 0.15) is 23.1 Å². The van der Waals surface area contributed by atoms with E-state index in [2.05, 4.69) is 46.3 Å². The van der Waals surface area contributed by atoms with Crippen molar-refractivity contribution in [1.82, 2.24) is 19.7 Å². The van der Waals surface area contributed by atoms with Crippen LogP contribution in [0.3, 0.4) is 0 Å². The molecule has 0 saturated carbocycles. The minimum Gasteiger partial charge on any atom is -0.466 e. The summed E-state index contributed by atoms with van der Waals surface area (Å²) < 4.78 is 6.87. The molecule has 3 rings (SSSR count). The Morgan fingerprint density at radius 2 is 2.10 bits per heavy atom. The summed E-state index contributed by atoms with van der Waals surface area (Å²) >= 11 is 4.25. The number of esters is 1. The summed E-state index contributed by atoms with van der Waals surface area (Å²) in [5.74, 6) is 0.381. The minimum absolute atomic E-state index is 0.0872. The monoisotopic (exact) mass is 477 g/mol. The van der Waals surface area contributed by atoms with E-state index in [0.717, 1.165) is 11.4 Å². The Hall–Kier alpha value is -2.50. The summed E-state index contributed by atoms with van der Waals surface area (Å²) in [6.45, 7) is 10.6. The zero-order chi connectivity index (χ0) is 22.4. The van der Waals surface area contributed by atoms with Crippen LogP contribution in [-0.2, 0) is 27.3 Å². The maximum atomic E-state index is 12.4. The predicted octanol–water partition coefficient (Wildman–Crippen LogP) is 4.10. The molecule has 0 atom stereocenters. The number of ether oxygens (including phenoxy) is 1. The molecule has 3 heterocycles. The van der Waals surface area contributed by atoms with Crippen molar-refractivity contribution in [3.05, 3.63) is 39.5 Å². The highest BCUT2D eigenvalue weighted by Crippen LogP contribution is 2.31. The molecule has 1 N–H and O–H groups in total. The molecular weight excluding hydrogens is 454 g/mol. The fourth-order valence-corrected chi connectivity index (χ4v) is 5.05. The second-order valence-corrected chi connectivity index (χ2v) is 9.38. The highest BCUT2D eigenvalue weighted by molar-refractivity contribution is 7.99. The molecule has 164 valence electrons. The number of hydrogen-bond donors (Lipinski definition) is 1. The largest absolute Gasteiger partial charge is 0.466 e. The van der Waals surface area contributed by atoms with E-state index in [9.17, 15) is 9.59 Å². The van der Waals surface area contributed by atoms with E-state index in [-0.39, 0.29) is 24.1 Å². The fraction of sp³-hybridized carbons (Fsp3) is 0.350. The zero-order valence-electron chi connectivity index (χ0n) is 17.5.